The largest absolute Gasteiger partial charge is 0.481 e. The summed E-state index contributed by atoms with van der Waals surface area (Å²) in [4.78, 5) is 23.0. The average Bonchev–Trinajstić information content (AvgIpc) is 2.58. The van der Waals surface area contributed by atoms with E-state index in [1.165, 1.54) is 0 Å². The van der Waals surface area contributed by atoms with Gasteiger partial charge in [-0.3, -0.25) is 9.59 Å². The number of carbonyl (C=O) groups excluding carboxylic acids is 1. The Balaban J connectivity index is 2.05. The van der Waals surface area contributed by atoms with Crippen molar-refractivity contribution in [1.29, 1.82) is 0 Å². The summed E-state index contributed by atoms with van der Waals surface area (Å²) in [6, 6.07) is 9.72. The van der Waals surface area contributed by atoms with Gasteiger partial charge in [0.05, 0.1) is 6.42 Å². The molecule has 26 heavy (non-hydrogen) atoms. The third-order valence-electron chi connectivity index (χ3n) is 3.84. The molecule has 0 aliphatic heterocycles. The van der Waals surface area contributed by atoms with Crippen molar-refractivity contribution in [2.75, 3.05) is 0 Å². The van der Waals surface area contributed by atoms with Crippen LogP contribution < -0.4 is 5.32 Å². The molecule has 0 saturated carbocycles. The fraction of sp³-hybridized carbons (Fsp3) is 0.263. The first-order valence-electron chi connectivity index (χ1n) is 8.03. The van der Waals surface area contributed by atoms with Crippen molar-refractivity contribution >= 4 is 11.9 Å². The lowest BCUT2D eigenvalue weighted by Crippen LogP contribution is -2.38. The third kappa shape index (κ3) is 5.91. The van der Waals surface area contributed by atoms with E-state index in [0.29, 0.717) is 18.6 Å². The van der Waals surface area contributed by atoms with E-state index in [4.69, 9.17) is 5.11 Å². The van der Waals surface area contributed by atoms with Crippen LogP contribution in [0.15, 0.2) is 42.5 Å². The van der Waals surface area contributed by atoms with Crippen molar-refractivity contribution in [3.05, 3.63) is 71.0 Å². The summed E-state index contributed by atoms with van der Waals surface area (Å²) in [6.45, 7) is 0. The second-order valence-electron chi connectivity index (χ2n) is 5.92. The van der Waals surface area contributed by atoms with Crippen LogP contribution in [0.2, 0.25) is 0 Å². The zero-order valence-corrected chi connectivity index (χ0v) is 13.8. The van der Waals surface area contributed by atoms with Gasteiger partial charge < -0.3 is 10.4 Å². The number of hydrogen-bond acceptors (Lipinski definition) is 2. The number of amides is 1. The number of benzene rings is 2. The fourth-order valence-electron chi connectivity index (χ4n) is 2.57. The molecule has 0 spiro atoms. The third-order valence-corrected chi connectivity index (χ3v) is 3.84. The Kier molecular flexibility index (Phi) is 6.77. The van der Waals surface area contributed by atoms with Crippen molar-refractivity contribution in [2.24, 2.45) is 0 Å². The molecule has 0 radical (unpaired) electrons. The van der Waals surface area contributed by atoms with Gasteiger partial charge in [-0.2, -0.15) is 0 Å². The van der Waals surface area contributed by atoms with Crippen LogP contribution in [-0.4, -0.2) is 23.0 Å². The van der Waals surface area contributed by atoms with Crippen molar-refractivity contribution in [1.82, 2.24) is 5.32 Å². The first kappa shape index (κ1) is 19.5. The van der Waals surface area contributed by atoms with E-state index in [1.54, 1.807) is 0 Å². The lowest BCUT2D eigenvalue weighted by Gasteiger charge is -2.18. The SMILES string of the molecule is O=C(O)CCC(Cc1ccccc1)NC(=O)Cc1cc(F)c(F)cc1F. The predicted molar refractivity (Wildman–Crippen MR) is 89.0 cm³/mol. The molecule has 2 aromatic rings. The second kappa shape index (κ2) is 9.03. The predicted octanol–water partition coefficient (Wildman–Crippen LogP) is 3.24. The van der Waals surface area contributed by atoms with Crippen LogP contribution >= 0.6 is 0 Å². The molecule has 1 atom stereocenters. The molecule has 0 aromatic heterocycles. The first-order chi connectivity index (χ1) is 12.3. The molecular formula is C19H18F3NO3. The molecule has 0 fully saturated rings. The molecule has 0 saturated heterocycles. The van der Waals surface area contributed by atoms with E-state index < -0.39 is 41.8 Å². The van der Waals surface area contributed by atoms with Gasteiger partial charge >= 0.3 is 5.97 Å². The molecule has 1 unspecified atom stereocenters. The molecule has 0 aliphatic carbocycles. The highest BCUT2D eigenvalue weighted by Gasteiger charge is 2.17. The average molecular weight is 365 g/mol. The van der Waals surface area contributed by atoms with Gasteiger partial charge in [0.1, 0.15) is 5.82 Å². The Morgan fingerprint density at radius 2 is 1.65 bits per heavy atom. The van der Waals surface area contributed by atoms with E-state index in [-0.39, 0.29) is 18.4 Å². The number of carboxylic acids is 1. The quantitative estimate of drug-likeness (QED) is 0.706. The first-order valence-corrected chi connectivity index (χ1v) is 8.03. The van der Waals surface area contributed by atoms with Crippen LogP contribution in [0.25, 0.3) is 0 Å². The van der Waals surface area contributed by atoms with Crippen molar-refractivity contribution in [3.63, 3.8) is 0 Å². The Morgan fingerprint density at radius 3 is 2.31 bits per heavy atom. The summed E-state index contributed by atoms with van der Waals surface area (Å²) in [5, 5.41) is 11.5. The van der Waals surface area contributed by atoms with E-state index in [9.17, 15) is 22.8 Å². The minimum Gasteiger partial charge on any atom is -0.481 e. The molecule has 0 heterocycles. The Morgan fingerprint density at radius 1 is 1.00 bits per heavy atom. The molecular weight excluding hydrogens is 347 g/mol. The Bertz CT molecular complexity index is 781. The van der Waals surface area contributed by atoms with Crippen LogP contribution in [0.5, 0.6) is 0 Å². The van der Waals surface area contributed by atoms with Gasteiger partial charge in [-0.15, -0.1) is 0 Å². The van der Waals surface area contributed by atoms with E-state index in [0.717, 1.165) is 5.56 Å². The van der Waals surface area contributed by atoms with Crippen LogP contribution in [0.3, 0.4) is 0 Å². The number of hydrogen-bond donors (Lipinski definition) is 2. The van der Waals surface area contributed by atoms with Gasteiger partial charge in [0, 0.05) is 24.1 Å². The summed E-state index contributed by atoms with van der Waals surface area (Å²) >= 11 is 0. The minimum absolute atomic E-state index is 0.142. The molecule has 2 rings (SSSR count). The maximum atomic E-state index is 13.7. The molecule has 138 valence electrons. The molecule has 4 nitrogen and oxygen atoms in total. The van der Waals surface area contributed by atoms with Gasteiger partial charge in [-0.1, -0.05) is 30.3 Å². The van der Waals surface area contributed by atoms with Gasteiger partial charge in [-0.25, -0.2) is 13.2 Å². The van der Waals surface area contributed by atoms with Crippen LogP contribution in [0.1, 0.15) is 24.0 Å². The number of rotatable bonds is 8. The molecule has 1 amide bonds. The number of halogens is 3. The zero-order valence-electron chi connectivity index (χ0n) is 13.8. The topological polar surface area (TPSA) is 66.4 Å². The number of aliphatic carboxylic acids is 1. The molecule has 2 aromatic carbocycles. The lowest BCUT2D eigenvalue weighted by molar-refractivity contribution is -0.137. The molecule has 7 heteroatoms. The smallest absolute Gasteiger partial charge is 0.303 e. The standard InChI is InChI=1S/C19H18F3NO3/c20-15-11-17(22)16(21)9-13(15)10-18(24)23-14(6-7-19(25)26)8-12-4-2-1-3-5-12/h1-5,9,11,14H,6-8,10H2,(H,23,24)(H,25,26). The Labute approximate surface area is 148 Å². The van der Waals surface area contributed by atoms with Crippen molar-refractivity contribution < 1.29 is 27.9 Å². The maximum absolute atomic E-state index is 13.7. The highest BCUT2D eigenvalue weighted by Crippen LogP contribution is 2.15. The summed E-state index contributed by atoms with van der Waals surface area (Å²) in [7, 11) is 0. The maximum Gasteiger partial charge on any atom is 0.303 e. The minimum atomic E-state index is -1.32. The highest BCUT2D eigenvalue weighted by molar-refractivity contribution is 5.79. The van der Waals surface area contributed by atoms with Gasteiger partial charge in [0.15, 0.2) is 11.6 Å². The molecule has 2 N–H and O–H groups in total. The number of nitrogens with one attached hydrogen (secondary N) is 1. The van der Waals surface area contributed by atoms with E-state index in [2.05, 4.69) is 5.32 Å². The lowest BCUT2D eigenvalue weighted by atomic mass is 10.0. The molecule has 0 bridgehead atoms. The van der Waals surface area contributed by atoms with Crippen LogP contribution in [0, 0.1) is 17.5 Å². The van der Waals surface area contributed by atoms with Crippen molar-refractivity contribution in [3.8, 4) is 0 Å². The summed E-state index contributed by atoms with van der Waals surface area (Å²) < 4.78 is 39.8. The summed E-state index contributed by atoms with van der Waals surface area (Å²) in [5.74, 6) is -5.16. The number of carbonyl (C=O) groups is 2. The highest BCUT2D eigenvalue weighted by atomic mass is 19.2. The zero-order chi connectivity index (χ0) is 19.1. The summed E-state index contributed by atoms with van der Waals surface area (Å²) in [5.41, 5.74) is 0.639. The Hall–Kier alpha value is -2.83. The van der Waals surface area contributed by atoms with Gasteiger partial charge in [0.2, 0.25) is 5.91 Å². The van der Waals surface area contributed by atoms with E-state index in [1.807, 2.05) is 30.3 Å². The normalized spacial score (nSPS) is 11.8. The van der Waals surface area contributed by atoms with Crippen LogP contribution in [0.4, 0.5) is 13.2 Å². The van der Waals surface area contributed by atoms with E-state index >= 15 is 0 Å². The van der Waals surface area contributed by atoms with Gasteiger partial charge in [0.25, 0.3) is 0 Å². The molecule has 0 aliphatic rings. The van der Waals surface area contributed by atoms with Gasteiger partial charge in [-0.05, 0) is 24.5 Å². The monoisotopic (exact) mass is 365 g/mol. The van der Waals surface area contributed by atoms with Crippen molar-refractivity contribution in [2.45, 2.75) is 31.7 Å². The summed E-state index contributed by atoms with van der Waals surface area (Å²) in [6.07, 6.45) is -0.0188. The second-order valence-corrected chi connectivity index (χ2v) is 5.92. The number of carboxylic acid groups (broad SMARTS) is 1. The van der Waals surface area contributed by atoms with Crippen LogP contribution in [-0.2, 0) is 22.4 Å². The fourth-order valence-corrected chi connectivity index (χ4v) is 2.57.